The highest BCUT2D eigenvalue weighted by Crippen LogP contribution is 2.30. The van der Waals surface area contributed by atoms with E-state index in [0.717, 1.165) is 32.2 Å². The number of phenols is 1. The molecule has 4 nitrogen and oxygen atoms in total. The molecule has 1 heterocycles. The summed E-state index contributed by atoms with van der Waals surface area (Å²) in [4.78, 5) is 2.20. The molecule has 2 N–H and O–H groups in total. The molecule has 0 saturated carbocycles. The van der Waals surface area contributed by atoms with Crippen molar-refractivity contribution in [1.29, 1.82) is 0 Å². The maximum absolute atomic E-state index is 13.1. The Labute approximate surface area is 100.0 Å². The lowest BCUT2D eigenvalue weighted by atomic mass is 10.1. The number of nitrogens with one attached hydrogen (secondary N) is 1. The predicted octanol–water partition coefficient (Wildman–Crippen LogP) is 0.945. The maximum atomic E-state index is 13.1. The molecule has 1 fully saturated rings. The average Bonchev–Trinajstić information content (AvgIpc) is 2.33. The molecule has 0 atom stereocenters. The molecule has 17 heavy (non-hydrogen) atoms. The van der Waals surface area contributed by atoms with Crippen molar-refractivity contribution < 1.29 is 14.2 Å². The first-order valence-electron chi connectivity index (χ1n) is 5.69. The van der Waals surface area contributed by atoms with E-state index in [4.69, 9.17) is 4.74 Å². The first-order valence-corrected chi connectivity index (χ1v) is 5.69. The molecular weight excluding hydrogens is 223 g/mol. The number of ether oxygens (including phenoxy) is 1. The van der Waals surface area contributed by atoms with Gasteiger partial charge in [0, 0.05) is 44.9 Å². The van der Waals surface area contributed by atoms with Gasteiger partial charge in [0.1, 0.15) is 17.3 Å². The summed E-state index contributed by atoms with van der Waals surface area (Å²) in [7, 11) is 1.48. The van der Waals surface area contributed by atoms with Gasteiger partial charge in [-0.05, 0) is 0 Å². The van der Waals surface area contributed by atoms with Gasteiger partial charge >= 0.3 is 0 Å². The van der Waals surface area contributed by atoms with E-state index in [9.17, 15) is 9.50 Å². The summed E-state index contributed by atoms with van der Waals surface area (Å²) in [6.07, 6.45) is 0. The molecular formula is C12H17FN2O2. The second-order valence-corrected chi connectivity index (χ2v) is 4.13. The number of piperazine rings is 1. The quantitative estimate of drug-likeness (QED) is 0.825. The van der Waals surface area contributed by atoms with Crippen LogP contribution < -0.4 is 10.1 Å². The molecule has 1 aliphatic rings. The summed E-state index contributed by atoms with van der Waals surface area (Å²) in [5, 5.41) is 13.0. The number of methoxy groups -OCH3 is 1. The van der Waals surface area contributed by atoms with Crippen LogP contribution in [0.25, 0.3) is 0 Å². The van der Waals surface area contributed by atoms with Crippen LogP contribution >= 0.6 is 0 Å². The number of rotatable bonds is 3. The van der Waals surface area contributed by atoms with Crippen LogP contribution in [0.15, 0.2) is 12.1 Å². The van der Waals surface area contributed by atoms with Crippen molar-refractivity contribution in [3.05, 3.63) is 23.5 Å². The zero-order valence-electron chi connectivity index (χ0n) is 9.87. The standard InChI is InChI=1S/C12H17FN2O2/c1-17-12-7-9(13)6-11(16)10(12)8-15-4-2-14-3-5-15/h6-7,14,16H,2-5,8H2,1H3. The minimum Gasteiger partial charge on any atom is -0.507 e. The third-order valence-corrected chi connectivity index (χ3v) is 2.96. The molecule has 0 spiro atoms. The number of phenolic OH excluding ortho intramolecular Hbond substituents is 1. The van der Waals surface area contributed by atoms with E-state index < -0.39 is 5.82 Å². The van der Waals surface area contributed by atoms with Crippen molar-refractivity contribution in [3.63, 3.8) is 0 Å². The van der Waals surface area contributed by atoms with E-state index in [0.29, 0.717) is 17.9 Å². The summed E-state index contributed by atoms with van der Waals surface area (Å²) < 4.78 is 18.2. The molecule has 1 aliphatic heterocycles. The number of hydrogen-bond acceptors (Lipinski definition) is 4. The Morgan fingerprint density at radius 1 is 1.41 bits per heavy atom. The van der Waals surface area contributed by atoms with Gasteiger partial charge in [0.2, 0.25) is 0 Å². The first kappa shape index (κ1) is 12.1. The molecule has 0 amide bonds. The zero-order chi connectivity index (χ0) is 12.3. The highest BCUT2D eigenvalue weighted by atomic mass is 19.1. The average molecular weight is 240 g/mol. The zero-order valence-corrected chi connectivity index (χ0v) is 9.87. The lowest BCUT2D eigenvalue weighted by Crippen LogP contribution is -2.42. The Balaban J connectivity index is 2.18. The Kier molecular flexibility index (Phi) is 3.81. The summed E-state index contributed by atoms with van der Waals surface area (Å²) in [5.41, 5.74) is 0.649. The molecule has 0 bridgehead atoms. The van der Waals surface area contributed by atoms with Crippen LogP contribution in [0.2, 0.25) is 0 Å². The van der Waals surface area contributed by atoms with Gasteiger partial charge in [0.25, 0.3) is 0 Å². The van der Waals surface area contributed by atoms with Crippen molar-refractivity contribution >= 4 is 0 Å². The monoisotopic (exact) mass is 240 g/mol. The maximum Gasteiger partial charge on any atom is 0.130 e. The number of hydrogen-bond donors (Lipinski definition) is 2. The molecule has 5 heteroatoms. The Morgan fingerprint density at radius 2 is 2.12 bits per heavy atom. The van der Waals surface area contributed by atoms with Crippen LogP contribution in [-0.2, 0) is 6.54 Å². The van der Waals surface area contributed by atoms with Crippen LogP contribution in [0.5, 0.6) is 11.5 Å². The minimum absolute atomic E-state index is 0.0413. The minimum atomic E-state index is -0.483. The number of benzene rings is 1. The SMILES string of the molecule is COc1cc(F)cc(O)c1CN1CCNCC1. The van der Waals surface area contributed by atoms with Crippen LogP contribution in [-0.4, -0.2) is 43.3 Å². The van der Waals surface area contributed by atoms with Gasteiger partial charge in [0.05, 0.1) is 12.7 Å². The van der Waals surface area contributed by atoms with E-state index in [2.05, 4.69) is 10.2 Å². The van der Waals surface area contributed by atoms with Gasteiger partial charge < -0.3 is 15.2 Å². The van der Waals surface area contributed by atoms with Crippen LogP contribution in [0.4, 0.5) is 4.39 Å². The van der Waals surface area contributed by atoms with Crippen molar-refractivity contribution in [2.24, 2.45) is 0 Å². The number of halogens is 1. The first-order chi connectivity index (χ1) is 8.20. The largest absolute Gasteiger partial charge is 0.507 e. The molecule has 0 unspecified atom stereocenters. The van der Waals surface area contributed by atoms with E-state index in [1.807, 2.05) is 0 Å². The highest BCUT2D eigenvalue weighted by molar-refractivity contribution is 5.44. The predicted molar refractivity (Wildman–Crippen MR) is 62.8 cm³/mol. The van der Waals surface area contributed by atoms with E-state index in [1.54, 1.807) is 0 Å². The van der Waals surface area contributed by atoms with Crippen molar-refractivity contribution in [1.82, 2.24) is 10.2 Å². The smallest absolute Gasteiger partial charge is 0.130 e. The van der Waals surface area contributed by atoms with Crippen molar-refractivity contribution in [2.45, 2.75) is 6.54 Å². The van der Waals surface area contributed by atoms with Gasteiger partial charge in [0.15, 0.2) is 0 Å². The normalized spacial score (nSPS) is 17.1. The second-order valence-electron chi connectivity index (χ2n) is 4.13. The summed E-state index contributed by atoms with van der Waals surface area (Å²) in [6.45, 7) is 4.28. The third-order valence-electron chi connectivity index (χ3n) is 2.96. The summed E-state index contributed by atoms with van der Waals surface area (Å²) >= 11 is 0. The lowest BCUT2D eigenvalue weighted by molar-refractivity contribution is 0.227. The molecule has 1 aromatic rings. The van der Waals surface area contributed by atoms with Gasteiger partial charge in [-0.3, -0.25) is 4.90 Å². The molecule has 0 aliphatic carbocycles. The molecule has 94 valence electrons. The summed E-state index contributed by atoms with van der Waals surface area (Å²) in [6, 6.07) is 2.43. The van der Waals surface area contributed by atoms with Crippen LogP contribution in [0.3, 0.4) is 0 Å². The topological polar surface area (TPSA) is 44.7 Å². The number of aromatic hydroxyl groups is 1. The molecule has 0 radical (unpaired) electrons. The number of nitrogens with zero attached hydrogens (tertiary/aromatic N) is 1. The molecule has 2 rings (SSSR count). The van der Waals surface area contributed by atoms with E-state index in [1.165, 1.54) is 13.2 Å². The van der Waals surface area contributed by atoms with E-state index in [-0.39, 0.29) is 5.75 Å². The van der Waals surface area contributed by atoms with Gasteiger partial charge in [-0.25, -0.2) is 4.39 Å². The highest BCUT2D eigenvalue weighted by Gasteiger charge is 2.16. The van der Waals surface area contributed by atoms with Crippen LogP contribution in [0, 0.1) is 5.82 Å². The molecule has 1 aromatic carbocycles. The van der Waals surface area contributed by atoms with Crippen LogP contribution in [0.1, 0.15) is 5.56 Å². The Hall–Kier alpha value is -1.33. The fourth-order valence-electron chi connectivity index (χ4n) is 2.03. The lowest BCUT2D eigenvalue weighted by Gasteiger charge is -2.28. The fourth-order valence-corrected chi connectivity index (χ4v) is 2.03. The van der Waals surface area contributed by atoms with Crippen molar-refractivity contribution in [3.8, 4) is 11.5 Å². The van der Waals surface area contributed by atoms with Gasteiger partial charge in [-0.1, -0.05) is 0 Å². The van der Waals surface area contributed by atoms with Crippen molar-refractivity contribution in [2.75, 3.05) is 33.3 Å². The van der Waals surface area contributed by atoms with E-state index >= 15 is 0 Å². The Morgan fingerprint density at radius 3 is 2.76 bits per heavy atom. The fraction of sp³-hybridized carbons (Fsp3) is 0.500. The van der Waals surface area contributed by atoms with Gasteiger partial charge in [-0.15, -0.1) is 0 Å². The second kappa shape index (κ2) is 5.33. The molecule has 1 saturated heterocycles. The third kappa shape index (κ3) is 2.87. The van der Waals surface area contributed by atoms with Gasteiger partial charge in [-0.2, -0.15) is 0 Å². The summed E-state index contributed by atoms with van der Waals surface area (Å²) in [5.74, 6) is -0.121. The Bertz CT molecular complexity index is 392. The molecule has 0 aromatic heterocycles.